The van der Waals surface area contributed by atoms with Crippen molar-refractivity contribution >= 4 is 5.97 Å². The van der Waals surface area contributed by atoms with Gasteiger partial charge in [-0.25, -0.2) is 0 Å². The molecule has 2 heteroatoms. The van der Waals surface area contributed by atoms with Crippen LogP contribution >= 0.6 is 0 Å². The molecule has 0 amide bonds. The molecule has 1 atom stereocenters. The topological polar surface area (TPSA) is 37.3 Å². The van der Waals surface area contributed by atoms with E-state index in [9.17, 15) is 9.90 Å². The van der Waals surface area contributed by atoms with Crippen molar-refractivity contribution in [3.63, 3.8) is 0 Å². The summed E-state index contributed by atoms with van der Waals surface area (Å²) in [5, 5.41) is 9.30. The molecule has 0 rings (SSSR count). The Bertz CT molecular complexity index is 429. The molecule has 0 aliphatic heterocycles. The number of aliphatic carboxylic acids is 1. The van der Waals surface area contributed by atoms with Gasteiger partial charge in [0.15, 0.2) is 0 Å². The molecule has 1 N–H and O–H groups in total. The lowest BCUT2D eigenvalue weighted by molar-refractivity contribution is -0.142. The van der Waals surface area contributed by atoms with Crippen molar-refractivity contribution in [3.8, 4) is 0 Å². The SMILES string of the molecule is CC/C=C\C/C=C\C/C=C\C/C=C\CCCC(CCCCCC)C(=O)O. The minimum atomic E-state index is -0.619. The van der Waals surface area contributed by atoms with Crippen LogP contribution in [-0.4, -0.2) is 11.1 Å². The van der Waals surface area contributed by atoms with E-state index < -0.39 is 5.97 Å². The average molecular weight is 361 g/mol. The molecule has 0 radical (unpaired) electrons. The minimum Gasteiger partial charge on any atom is -0.481 e. The molecule has 0 spiro atoms. The van der Waals surface area contributed by atoms with Crippen LogP contribution in [0.3, 0.4) is 0 Å². The lowest BCUT2D eigenvalue weighted by Crippen LogP contribution is -2.13. The number of rotatable bonds is 17. The zero-order valence-electron chi connectivity index (χ0n) is 17.0. The van der Waals surface area contributed by atoms with Crippen molar-refractivity contribution in [1.82, 2.24) is 0 Å². The van der Waals surface area contributed by atoms with Crippen LogP contribution in [-0.2, 0) is 4.79 Å². The number of allylic oxidation sites excluding steroid dienone is 8. The Labute approximate surface area is 161 Å². The summed E-state index contributed by atoms with van der Waals surface area (Å²) in [4.78, 5) is 11.3. The van der Waals surface area contributed by atoms with E-state index >= 15 is 0 Å². The van der Waals surface area contributed by atoms with Gasteiger partial charge in [-0.3, -0.25) is 4.79 Å². The summed E-state index contributed by atoms with van der Waals surface area (Å²) in [6.07, 6.45) is 29.9. The van der Waals surface area contributed by atoms with Gasteiger partial charge in [0.05, 0.1) is 5.92 Å². The fourth-order valence-electron chi connectivity index (χ4n) is 2.79. The zero-order valence-corrected chi connectivity index (χ0v) is 17.0. The van der Waals surface area contributed by atoms with Gasteiger partial charge in [-0.1, -0.05) is 88.1 Å². The molecule has 0 aromatic rings. The molecule has 0 saturated heterocycles. The second-order valence-corrected chi connectivity index (χ2v) is 6.82. The van der Waals surface area contributed by atoms with Gasteiger partial charge < -0.3 is 5.11 Å². The number of hydrogen-bond donors (Lipinski definition) is 1. The molecule has 2 nitrogen and oxygen atoms in total. The summed E-state index contributed by atoms with van der Waals surface area (Å²) in [7, 11) is 0. The van der Waals surface area contributed by atoms with Gasteiger partial charge in [0.25, 0.3) is 0 Å². The van der Waals surface area contributed by atoms with Crippen LogP contribution in [0.4, 0.5) is 0 Å². The molecule has 0 fully saturated rings. The fourth-order valence-corrected chi connectivity index (χ4v) is 2.79. The Morgan fingerprint density at radius 1 is 0.731 bits per heavy atom. The molecule has 0 aromatic heterocycles. The monoisotopic (exact) mass is 360 g/mol. The summed E-state index contributed by atoms with van der Waals surface area (Å²) in [5.74, 6) is -0.772. The molecule has 1 unspecified atom stereocenters. The Morgan fingerprint density at radius 2 is 1.27 bits per heavy atom. The molecular formula is C24H40O2. The van der Waals surface area contributed by atoms with Crippen LogP contribution in [0.1, 0.15) is 90.9 Å². The Morgan fingerprint density at radius 3 is 1.81 bits per heavy atom. The minimum absolute atomic E-state index is 0.154. The third kappa shape index (κ3) is 17.3. The second kappa shape index (κ2) is 19.8. The smallest absolute Gasteiger partial charge is 0.306 e. The maximum atomic E-state index is 11.3. The largest absolute Gasteiger partial charge is 0.481 e. The highest BCUT2D eigenvalue weighted by Crippen LogP contribution is 2.17. The summed E-state index contributed by atoms with van der Waals surface area (Å²) in [5.41, 5.74) is 0. The van der Waals surface area contributed by atoms with Gasteiger partial charge in [-0.05, 0) is 51.4 Å². The van der Waals surface area contributed by atoms with E-state index in [2.05, 4.69) is 62.5 Å². The molecule has 148 valence electrons. The van der Waals surface area contributed by atoms with E-state index in [1.807, 2.05) is 0 Å². The predicted molar refractivity (Wildman–Crippen MR) is 114 cm³/mol. The number of carbonyl (C=O) groups is 1. The first kappa shape index (κ1) is 24.4. The first-order chi connectivity index (χ1) is 12.7. The molecule has 0 aliphatic carbocycles. The second-order valence-electron chi connectivity index (χ2n) is 6.82. The third-order valence-electron chi connectivity index (χ3n) is 4.40. The van der Waals surface area contributed by atoms with Crippen molar-refractivity contribution in [2.75, 3.05) is 0 Å². The normalized spacial score (nSPS) is 13.6. The predicted octanol–water partition coefficient (Wildman–Crippen LogP) is 7.63. The Hall–Kier alpha value is -1.57. The first-order valence-corrected chi connectivity index (χ1v) is 10.5. The van der Waals surface area contributed by atoms with E-state index in [1.54, 1.807) is 0 Å². The van der Waals surface area contributed by atoms with Crippen molar-refractivity contribution in [2.45, 2.75) is 90.9 Å². The van der Waals surface area contributed by atoms with Gasteiger partial charge in [-0.2, -0.15) is 0 Å². The Balaban J connectivity index is 3.70. The molecule has 0 heterocycles. The van der Waals surface area contributed by atoms with Crippen LogP contribution in [0, 0.1) is 5.92 Å². The highest BCUT2D eigenvalue weighted by Gasteiger charge is 2.15. The number of unbranched alkanes of at least 4 members (excludes halogenated alkanes) is 4. The van der Waals surface area contributed by atoms with Crippen LogP contribution in [0.25, 0.3) is 0 Å². The van der Waals surface area contributed by atoms with E-state index in [4.69, 9.17) is 0 Å². The molecular weight excluding hydrogens is 320 g/mol. The molecule has 26 heavy (non-hydrogen) atoms. The highest BCUT2D eigenvalue weighted by atomic mass is 16.4. The quantitative estimate of drug-likeness (QED) is 0.214. The summed E-state index contributed by atoms with van der Waals surface area (Å²) >= 11 is 0. The lowest BCUT2D eigenvalue weighted by atomic mass is 9.95. The van der Waals surface area contributed by atoms with Crippen molar-refractivity contribution < 1.29 is 9.90 Å². The van der Waals surface area contributed by atoms with Crippen LogP contribution in [0.2, 0.25) is 0 Å². The summed E-state index contributed by atoms with van der Waals surface area (Å²) in [6.45, 7) is 4.33. The lowest BCUT2D eigenvalue weighted by Gasteiger charge is -2.11. The number of carboxylic acids is 1. The van der Waals surface area contributed by atoms with E-state index in [-0.39, 0.29) is 5.92 Å². The van der Waals surface area contributed by atoms with E-state index in [1.165, 1.54) is 12.8 Å². The first-order valence-electron chi connectivity index (χ1n) is 10.5. The summed E-state index contributed by atoms with van der Waals surface area (Å²) < 4.78 is 0. The van der Waals surface area contributed by atoms with Crippen LogP contribution in [0.15, 0.2) is 48.6 Å². The maximum absolute atomic E-state index is 11.3. The maximum Gasteiger partial charge on any atom is 0.306 e. The Kier molecular flexibility index (Phi) is 18.6. The van der Waals surface area contributed by atoms with Crippen LogP contribution < -0.4 is 0 Å². The van der Waals surface area contributed by atoms with Gasteiger partial charge >= 0.3 is 5.97 Å². The van der Waals surface area contributed by atoms with Crippen molar-refractivity contribution in [3.05, 3.63) is 48.6 Å². The van der Waals surface area contributed by atoms with Crippen molar-refractivity contribution in [2.24, 2.45) is 5.92 Å². The molecule has 0 saturated carbocycles. The van der Waals surface area contributed by atoms with Crippen molar-refractivity contribution in [1.29, 1.82) is 0 Å². The van der Waals surface area contributed by atoms with Gasteiger partial charge in [0.2, 0.25) is 0 Å². The molecule has 0 bridgehead atoms. The fraction of sp³-hybridized carbons (Fsp3) is 0.625. The van der Waals surface area contributed by atoms with E-state index in [0.29, 0.717) is 0 Å². The third-order valence-corrected chi connectivity index (χ3v) is 4.40. The van der Waals surface area contributed by atoms with Gasteiger partial charge in [-0.15, -0.1) is 0 Å². The van der Waals surface area contributed by atoms with Crippen LogP contribution in [0.5, 0.6) is 0 Å². The average Bonchev–Trinajstić information content (AvgIpc) is 2.63. The van der Waals surface area contributed by atoms with E-state index in [0.717, 1.165) is 64.2 Å². The number of hydrogen-bond acceptors (Lipinski definition) is 1. The standard InChI is InChI=1S/C24H40O2/c1-3-5-7-9-10-11-12-13-14-15-16-17-18-20-22-23(24(25)26)21-19-8-6-4-2/h5,7,10-11,13-14,16-17,23H,3-4,6,8-9,12,15,18-22H2,1-2H3,(H,25,26)/b7-5-,11-10-,14-13-,17-16-. The summed E-state index contributed by atoms with van der Waals surface area (Å²) in [6, 6.07) is 0. The zero-order chi connectivity index (χ0) is 19.3. The molecule has 0 aromatic carbocycles. The number of carboxylic acid groups (broad SMARTS) is 1. The molecule has 0 aliphatic rings. The highest BCUT2D eigenvalue weighted by molar-refractivity contribution is 5.69. The van der Waals surface area contributed by atoms with Gasteiger partial charge in [0.1, 0.15) is 0 Å². The van der Waals surface area contributed by atoms with Gasteiger partial charge in [0, 0.05) is 0 Å².